The second-order valence-corrected chi connectivity index (χ2v) is 7.67. The normalized spacial score (nSPS) is 17.9. The van der Waals surface area contributed by atoms with Crippen molar-refractivity contribution >= 4 is 26.7 Å². The predicted octanol–water partition coefficient (Wildman–Crippen LogP) is 3.80. The van der Waals surface area contributed by atoms with Gasteiger partial charge in [0, 0.05) is 6.54 Å². The molecule has 5 nitrogen and oxygen atoms in total. The van der Waals surface area contributed by atoms with Crippen molar-refractivity contribution in [3.05, 3.63) is 35.9 Å². The third-order valence-electron chi connectivity index (χ3n) is 4.36. The smallest absolute Gasteiger partial charge is 0.186 e. The minimum atomic E-state index is 0.417. The maximum absolute atomic E-state index is 4.82. The van der Waals surface area contributed by atoms with Gasteiger partial charge in [-0.15, -0.1) is 10.2 Å². The number of anilines is 1. The lowest BCUT2D eigenvalue weighted by Gasteiger charge is -2.34. The number of hydrogen-bond acceptors (Lipinski definition) is 5. The number of nitrogens with zero attached hydrogens (tertiary/aromatic N) is 5. The molecule has 1 atom stereocenters. The molecule has 0 amide bonds. The number of thiazole rings is 1. The fraction of sp³-hybridized carbons (Fsp3) is 0.471. The van der Waals surface area contributed by atoms with E-state index in [1.807, 2.05) is 6.07 Å². The maximum Gasteiger partial charge on any atom is 0.186 e. The van der Waals surface area contributed by atoms with E-state index in [1.165, 1.54) is 4.70 Å². The van der Waals surface area contributed by atoms with E-state index in [-0.39, 0.29) is 0 Å². The van der Waals surface area contributed by atoms with Gasteiger partial charge in [-0.3, -0.25) is 0 Å². The Balaban J connectivity index is 1.70. The summed E-state index contributed by atoms with van der Waals surface area (Å²) in [5, 5.41) is 9.78. The van der Waals surface area contributed by atoms with Gasteiger partial charge in [0.25, 0.3) is 0 Å². The van der Waals surface area contributed by atoms with Crippen LogP contribution in [0.3, 0.4) is 0 Å². The van der Waals surface area contributed by atoms with Crippen molar-refractivity contribution in [1.82, 2.24) is 19.7 Å². The molecular formula is C17H21N5S. The first-order chi connectivity index (χ1) is 11.1. The van der Waals surface area contributed by atoms with Crippen molar-refractivity contribution in [2.45, 2.75) is 39.8 Å². The second kappa shape index (κ2) is 5.60. The van der Waals surface area contributed by atoms with E-state index in [2.05, 4.69) is 58.6 Å². The first-order valence-electron chi connectivity index (χ1n) is 8.12. The summed E-state index contributed by atoms with van der Waals surface area (Å²) in [6, 6.07) is 8.75. The SMILES string of the molecule is Cc1nnc2n1[C@@H](CC(C)C)CN(c1nc3ccccc3s1)C2. The van der Waals surface area contributed by atoms with Gasteiger partial charge in [-0.05, 0) is 31.4 Å². The standard InChI is InChI=1S/C17H21N5S/c1-11(2)8-13-9-21(10-16-20-19-12(3)22(13)16)17-18-14-6-4-5-7-15(14)23-17/h4-7,11,13H,8-10H2,1-3H3/t13-/m0/s1. The average Bonchev–Trinajstić information content (AvgIpc) is 3.10. The molecule has 0 unspecified atom stereocenters. The predicted molar refractivity (Wildman–Crippen MR) is 93.9 cm³/mol. The van der Waals surface area contributed by atoms with Crippen molar-refractivity contribution < 1.29 is 0 Å². The summed E-state index contributed by atoms with van der Waals surface area (Å²) >= 11 is 1.76. The molecule has 23 heavy (non-hydrogen) atoms. The van der Waals surface area contributed by atoms with E-state index >= 15 is 0 Å². The van der Waals surface area contributed by atoms with Gasteiger partial charge in [0.1, 0.15) is 5.82 Å². The fourth-order valence-electron chi connectivity index (χ4n) is 3.43. The Morgan fingerprint density at radius 2 is 2.09 bits per heavy atom. The molecule has 120 valence electrons. The summed E-state index contributed by atoms with van der Waals surface area (Å²) in [5.74, 6) is 2.72. The lowest BCUT2D eigenvalue weighted by Crippen LogP contribution is -2.38. The summed E-state index contributed by atoms with van der Waals surface area (Å²) < 4.78 is 3.57. The van der Waals surface area contributed by atoms with Crippen molar-refractivity contribution in [2.75, 3.05) is 11.4 Å². The van der Waals surface area contributed by atoms with Crippen LogP contribution in [0.15, 0.2) is 24.3 Å². The zero-order chi connectivity index (χ0) is 16.0. The lowest BCUT2D eigenvalue weighted by molar-refractivity contribution is 0.358. The second-order valence-electron chi connectivity index (χ2n) is 6.66. The van der Waals surface area contributed by atoms with Crippen LogP contribution in [-0.2, 0) is 6.54 Å². The van der Waals surface area contributed by atoms with Gasteiger partial charge in [-0.25, -0.2) is 4.98 Å². The van der Waals surface area contributed by atoms with Gasteiger partial charge in [-0.2, -0.15) is 0 Å². The van der Waals surface area contributed by atoms with E-state index < -0.39 is 0 Å². The molecule has 0 aliphatic carbocycles. The van der Waals surface area contributed by atoms with Crippen LogP contribution in [0.4, 0.5) is 5.13 Å². The Kier molecular flexibility index (Phi) is 3.56. The first kappa shape index (κ1) is 14.6. The number of benzene rings is 1. The third-order valence-corrected chi connectivity index (χ3v) is 5.46. The largest absolute Gasteiger partial charge is 0.338 e. The Hall–Kier alpha value is -1.95. The van der Waals surface area contributed by atoms with Crippen molar-refractivity contribution in [2.24, 2.45) is 5.92 Å². The molecule has 4 rings (SSSR count). The van der Waals surface area contributed by atoms with E-state index in [0.717, 1.165) is 41.8 Å². The number of aryl methyl sites for hydroxylation is 1. The molecule has 1 aromatic carbocycles. The highest BCUT2D eigenvalue weighted by Gasteiger charge is 2.29. The molecule has 0 N–H and O–H groups in total. The first-order valence-corrected chi connectivity index (χ1v) is 8.94. The number of para-hydroxylation sites is 1. The number of fused-ring (bicyclic) bond motifs is 2. The summed E-state index contributed by atoms with van der Waals surface area (Å²) in [6.07, 6.45) is 1.13. The highest BCUT2D eigenvalue weighted by molar-refractivity contribution is 7.22. The van der Waals surface area contributed by atoms with Crippen LogP contribution in [0, 0.1) is 12.8 Å². The van der Waals surface area contributed by atoms with Crippen LogP contribution in [0.2, 0.25) is 0 Å². The van der Waals surface area contributed by atoms with E-state index in [9.17, 15) is 0 Å². The van der Waals surface area contributed by atoms with Crippen LogP contribution in [-0.4, -0.2) is 26.3 Å². The minimum absolute atomic E-state index is 0.417. The van der Waals surface area contributed by atoms with Crippen LogP contribution in [0.25, 0.3) is 10.2 Å². The summed E-state index contributed by atoms with van der Waals surface area (Å²) in [7, 11) is 0. The minimum Gasteiger partial charge on any atom is -0.338 e. The van der Waals surface area contributed by atoms with E-state index in [1.54, 1.807) is 11.3 Å². The lowest BCUT2D eigenvalue weighted by atomic mass is 10.0. The molecule has 0 saturated heterocycles. The molecule has 6 heteroatoms. The molecule has 0 fully saturated rings. The summed E-state index contributed by atoms with van der Waals surface area (Å²) in [5.41, 5.74) is 1.08. The Morgan fingerprint density at radius 3 is 2.87 bits per heavy atom. The quantitative estimate of drug-likeness (QED) is 0.734. The Labute approximate surface area is 140 Å². The van der Waals surface area contributed by atoms with Gasteiger partial charge in [-0.1, -0.05) is 37.3 Å². The van der Waals surface area contributed by atoms with Crippen molar-refractivity contribution in [1.29, 1.82) is 0 Å². The maximum atomic E-state index is 4.82. The van der Waals surface area contributed by atoms with Crippen molar-refractivity contribution in [3.63, 3.8) is 0 Å². The van der Waals surface area contributed by atoms with Crippen LogP contribution >= 0.6 is 11.3 Å². The van der Waals surface area contributed by atoms with Gasteiger partial charge in [0.2, 0.25) is 0 Å². The third kappa shape index (κ3) is 2.61. The monoisotopic (exact) mass is 327 g/mol. The molecule has 3 aromatic rings. The average molecular weight is 327 g/mol. The molecule has 0 saturated carbocycles. The van der Waals surface area contributed by atoms with Crippen molar-refractivity contribution in [3.8, 4) is 0 Å². The highest BCUT2D eigenvalue weighted by Crippen LogP contribution is 2.34. The van der Waals surface area contributed by atoms with Gasteiger partial charge >= 0.3 is 0 Å². The number of hydrogen-bond donors (Lipinski definition) is 0. The highest BCUT2D eigenvalue weighted by atomic mass is 32.1. The van der Waals surface area contributed by atoms with E-state index in [0.29, 0.717) is 12.0 Å². The van der Waals surface area contributed by atoms with Crippen LogP contribution < -0.4 is 4.90 Å². The molecule has 0 spiro atoms. The zero-order valence-electron chi connectivity index (χ0n) is 13.7. The number of aromatic nitrogens is 4. The number of rotatable bonds is 3. The van der Waals surface area contributed by atoms with Crippen LogP contribution in [0.5, 0.6) is 0 Å². The Bertz CT molecular complexity index is 801. The molecule has 1 aliphatic heterocycles. The summed E-state index contributed by atoms with van der Waals surface area (Å²) in [6.45, 7) is 8.36. The Morgan fingerprint density at radius 1 is 1.26 bits per heavy atom. The molecule has 1 aliphatic rings. The van der Waals surface area contributed by atoms with Gasteiger partial charge < -0.3 is 9.47 Å². The van der Waals surface area contributed by atoms with Crippen LogP contribution in [0.1, 0.15) is 38.0 Å². The van der Waals surface area contributed by atoms with Gasteiger partial charge in [0.05, 0.1) is 22.8 Å². The molecular weight excluding hydrogens is 306 g/mol. The zero-order valence-corrected chi connectivity index (χ0v) is 14.5. The molecule has 0 radical (unpaired) electrons. The summed E-state index contributed by atoms with van der Waals surface area (Å²) in [4.78, 5) is 7.18. The van der Waals surface area contributed by atoms with Gasteiger partial charge in [0.15, 0.2) is 11.0 Å². The fourth-order valence-corrected chi connectivity index (χ4v) is 4.41. The molecule has 3 heterocycles. The topological polar surface area (TPSA) is 46.8 Å². The molecule has 2 aromatic heterocycles. The molecule has 0 bridgehead atoms. The van der Waals surface area contributed by atoms with E-state index in [4.69, 9.17) is 4.98 Å².